The molecule has 0 amide bonds. The summed E-state index contributed by atoms with van der Waals surface area (Å²) in [6, 6.07) is 21.2. The third-order valence-corrected chi connectivity index (χ3v) is 5.68. The maximum Gasteiger partial charge on any atom is 0.309 e. The largest absolute Gasteiger partial charge is 0.481 e. The second-order valence-corrected chi connectivity index (χ2v) is 9.32. The average Bonchev–Trinajstić information content (AvgIpc) is 3.66. The molecule has 2 aromatic carbocycles. The lowest BCUT2D eigenvalue weighted by molar-refractivity contribution is -0.146. The Morgan fingerprint density at radius 3 is 2.66 bits per heavy atom. The van der Waals surface area contributed by atoms with Crippen molar-refractivity contribution in [3.8, 4) is 5.75 Å². The molecule has 180 valence electrons. The van der Waals surface area contributed by atoms with Crippen molar-refractivity contribution in [2.75, 3.05) is 5.32 Å². The van der Waals surface area contributed by atoms with Gasteiger partial charge < -0.3 is 20.9 Å². The number of ether oxygens (including phenoxy) is 1. The summed E-state index contributed by atoms with van der Waals surface area (Å²) < 4.78 is 6.16. The number of aliphatic carboxylic acids is 1. The smallest absolute Gasteiger partial charge is 0.309 e. The number of hydrogen-bond donors (Lipinski definition) is 3. The third kappa shape index (κ3) is 6.69. The number of nitrogens with two attached hydrogens (primary N) is 1. The van der Waals surface area contributed by atoms with Crippen LogP contribution in [0.4, 0.5) is 11.5 Å². The first kappa shape index (κ1) is 24.0. The van der Waals surface area contributed by atoms with Crippen molar-refractivity contribution in [3.05, 3.63) is 89.8 Å². The van der Waals surface area contributed by atoms with Gasteiger partial charge in [0.15, 0.2) is 5.76 Å². The van der Waals surface area contributed by atoms with E-state index < -0.39 is 11.4 Å². The molecule has 4 rings (SSSR count). The number of nitrogens with zero attached hydrogens (tertiary/aromatic N) is 2. The van der Waals surface area contributed by atoms with E-state index in [1.165, 1.54) is 0 Å². The van der Waals surface area contributed by atoms with Crippen molar-refractivity contribution in [2.24, 2.45) is 16.1 Å². The SMILES string of the molecule is CC(C)(Cc1cccc(Nc2cc(OC(C=NC3CC3)=C(N)c3ccccc3)ccn2)c1)C(=O)O. The number of carboxylic acid groups (broad SMARTS) is 1. The standard InChI is InChI=1S/C28H30N4O3/c1-28(2,27(33)34)17-19-7-6-10-22(15-19)32-25-16-23(13-14-30-25)35-24(18-31-21-11-12-21)26(29)20-8-4-3-5-9-20/h3-10,13-16,18,21H,11-12,17,29H2,1-2H3,(H,30,32)(H,33,34). The lowest BCUT2D eigenvalue weighted by atomic mass is 9.86. The summed E-state index contributed by atoms with van der Waals surface area (Å²) in [5.74, 6) is 0.820. The molecule has 0 atom stereocenters. The van der Waals surface area contributed by atoms with E-state index in [1.54, 1.807) is 38.4 Å². The average molecular weight is 471 g/mol. The van der Waals surface area contributed by atoms with E-state index in [-0.39, 0.29) is 0 Å². The molecule has 0 aliphatic heterocycles. The predicted octanol–water partition coefficient (Wildman–Crippen LogP) is 5.42. The molecule has 0 saturated heterocycles. The number of aromatic nitrogens is 1. The van der Waals surface area contributed by atoms with Crippen LogP contribution in [0.2, 0.25) is 0 Å². The molecule has 0 radical (unpaired) electrons. The normalized spacial score (nSPS) is 14.5. The number of allylic oxidation sites excluding steroid dienone is 1. The van der Waals surface area contributed by atoms with Gasteiger partial charge in [-0.05, 0) is 56.9 Å². The van der Waals surface area contributed by atoms with Gasteiger partial charge >= 0.3 is 5.97 Å². The van der Waals surface area contributed by atoms with Crippen molar-refractivity contribution in [1.82, 2.24) is 4.98 Å². The summed E-state index contributed by atoms with van der Waals surface area (Å²) in [5, 5.41) is 12.7. The van der Waals surface area contributed by atoms with Gasteiger partial charge in [-0.2, -0.15) is 0 Å². The quantitative estimate of drug-likeness (QED) is 0.270. The first-order chi connectivity index (χ1) is 16.8. The van der Waals surface area contributed by atoms with Gasteiger partial charge in [-0.3, -0.25) is 9.79 Å². The van der Waals surface area contributed by atoms with Crippen LogP contribution in [0.5, 0.6) is 5.75 Å². The van der Waals surface area contributed by atoms with Crippen LogP contribution < -0.4 is 15.8 Å². The van der Waals surface area contributed by atoms with Crippen LogP contribution in [0, 0.1) is 5.41 Å². The molecular weight excluding hydrogens is 440 g/mol. The molecule has 0 spiro atoms. The zero-order valence-corrected chi connectivity index (χ0v) is 19.9. The number of benzene rings is 2. The highest BCUT2D eigenvalue weighted by molar-refractivity contribution is 5.88. The monoisotopic (exact) mass is 470 g/mol. The number of aliphatic imine (C=N–C) groups is 1. The Hall–Kier alpha value is -4.13. The van der Waals surface area contributed by atoms with E-state index in [2.05, 4.69) is 15.3 Å². The fraction of sp³-hybridized carbons (Fsp3) is 0.250. The van der Waals surface area contributed by atoms with Gasteiger partial charge in [0.1, 0.15) is 11.6 Å². The molecule has 0 unspecified atom stereocenters. The van der Waals surface area contributed by atoms with Gasteiger partial charge in [0.25, 0.3) is 0 Å². The Balaban J connectivity index is 1.53. The highest BCUT2D eigenvalue weighted by Gasteiger charge is 2.27. The third-order valence-electron chi connectivity index (χ3n) is 5.68. The van der Waals surface area contributed by atoms with Crippen LogP contribution in [0.1, 0.15) is 37.8 Å². The highest BCUT2D eigenvalue weighted by atomic mass is 16.5. The minimum atomic E-state index is -0.853. The number of pyridine rings is 1. The molecule has 35 heavy (non-hydrogen) atoms. The Bertz CT molecular complexity index is 1250. The molecule has 1 saturated carbocycles. The molecule has 4 N–H and O–H groups in total. The maximum absolute atomic E-state index is 11.5. The Labute approximate surface area is 205 Å². The van der Waals surface area contributed by atoms with Gasteiger partial charge in [0.2, 0.25) is 0 Å². The fourth-order valence-corrected chi connectivity index (χ4v) is 3.47. The molecule has 1 heterocycles. The lowest BCUT2D eigenvalue weighted by Crippen LogP contribution is -2.26. The zero-order valence-electron chi connectivity index (χ0n) is 19.9. The Morgan fingerprint density at radius 1 is 1.17 bits per heavy atom. The topological polar surface area (TPSA) is 110 Å². The van der Waals surface area contributed by atoms with Crippen LogP contribution in [0.3, 0.4) is 0 Å². The molecule has 1 aliphatic rings. The number of hydrogen-bond acceptors (Lipinski definition) is 6. The fourth-order valence-electron chi connectivity index (χ4n) is 3.47. The van der Waals surface area contributed by atoms with Crippen LogP contribution in [0.25, 0.3) is 5.70 Å². The first-order valence-electron chi connectivity index (χ1n) is 11.6. The molecule has 1 aliphatic carbocycles. The van der Waals surface area contributed by atoms with Gasteiger partial charge in [-0.15, -0.1) is 0 Å². The van der Waals surface area contributed by atoms with Crippen LogP contribution in [0.15, 0.2) is 83.7 Å². The lowest BCUT2D eigenvalue weighted by Gasteiger charge is -2.19. The summed E-state index contributed by atoms with van der Waals surface area (Å²) in [6.07, 6.45) is 5.95. The first-order valence-corrected chi connectivity index (χ1v) is 11.6. The molecule has 7 heteroatoms. The van der Waals surface area contributed by atoms with E-state index in [4.69, 9.17) is 10.5 Å². The van der Waals surface area contributed by atoms with E-state index in [9.17, 15) is 9.90 Å². The Kier molecular flexibility index (Phi) is 7.15. The van der Waals surface area contributed by atoms with Gasteiger partial charge in [0.05, 0.1) is 23.4 Å². The van der Waals surface area contributed by atoms with E-state index in [1.807, 2.05) is 54.6 Å². The number of nitrogens with one attached hydrogen (secondary N) is 1. The maximum atomic E-state index is 11.5. The summed E-state index contributed by atoms with van der Waals surface area (Å²) in [4.78, 5) is 20.4. The molecular formula is C28H30N4O3. The van der Waals surface area contributed by atoms with Gasteiger partial charge in [0, 0.05) is 23.5 Å². The summed E-state index contributed by atoms with van der Waals surface area (Å²) in [6.45, 7) is 3.44. The zero-order chi connectivity index (χ0) is 24.8. The molecule has 1 aromatic heterocycles. The second kappa shape index (κ2) is 10.4. The van der Waals surface area contributed by atoms with Crippen molar-refractivity contribution in [1.29, 1.82) is 0 Å². The summed E-state index contributed by atoms with van der Waals surface area (Å²) in [7, 11) is 0. The van der Waals surface area contributed by atoms with Crippen LogP contribution in [-0.2, 0) is 11.2 Å². The second-order valence-electron chi connectivity index (χ2n) is 9.32. The summed E-state index contributed by atoms with van der Waals surface area (Å²) in [5.41, 5.74) is 8.68. The van der Waals surface area contributed by atoms with Crippen LogP contribution >= 0.6 is 0 Å². The molecule has 3 aromatic rings. The number of rotatable bonds is 10. The number of carboxylic acids is 1. The predicted molar refractivity (Wildman–Crippen MR) is 139 cm³/mol. The van der Waals surface area contributed by atoms with Crippen molar-refractivity contribution in [2.45, 2.75) is 39.2 Å². The van der Waals surface area contributed by atoms with E-state index >= 15 is 0 Å². The summed E-state index contributed by atoms with van der Waals surface area (Å²) >= 11 is 0. The molecule has 0 bridgehead atoms. The van der Waals surface area contributed by atoms with Crippen molar-refractivity contribution >= 4 is 29.4 Å². The van der Waals surface area contributed by atoms with Crippen molar-refractivity contribution < 1.29 is 14.6 Å². The minimum absolute atomic E-state index is 0.338. The molecule has 7 nitrogen and oxygen atoms in total. The minimum Gasteiger partial charge on any atom is -0.481 e. The van der Waals surface area contributed by atoms with Gasteiger partial charge in [-0.25, -0.2) is 4.98 Å². The van der Waals surface area contributed by atoms with E-state index in [0.717, 1.165) is 29.7 Å². The Morgan fingerprint density at radius 2 is 1.94 bits per heavy atom. The van der Waals surface area contributed by atoms with E-state index in [0.29, 0.717) is 35.5 Å². The number of anilines is 2. The highest BCUT2D eigenvalue weighted by Crippen LogP contribution is 2.27. The number of carbonyl (C=O) groups is 1. The van der Waals surface area contributed by atoms with Crippen LogP contribution in [-0.4, -0.2) is 28.3 Å². The van der Waals surface area contributed by atoms with Crippen molar-refractivity contribution in [3.63, 3.8) is 0 Å². The molecule has 1 fully saturated rings. The van der Waals surface area contributed by atoms with Gasteiger partial charge in [-0.1, -0.05) is 42.5 Å².